The molecular weight excluding hydrogens is 488 g/mol. The number of ether oxygens (including phenoxy) is 3. The molecule has 3 heterocycles. The summed E-state index contributed by atoms with van der Waals surface area (Å²) in [5.41, 5.74) is 1.52. The Balaban J connectivity index is 1.64. The summed E-state index contributed by atoms with van der Waals surface area (Å²) in [6, 6.07) is 1.78. The highest BCUT2D eigenvalue weighted by Crippen LogP contribution is 2.41. The third kappa shape index (κ3) is 6.95. The highest BCUT2D eigenvalue weighted by molar-refractivity contribution is 5.98. The second-order valence-corrected chi connectivity index (χ2v) is 12.2. The Morgan fingerprint density at radius 3 is 2.47 bits per heavy atom. The van der Waals surface area contributed by atoms with E-state index in [4.69, 9.17) is 14.2 Å². The summed E-state index contributed by atoms with van der Waals surface area (Å²) >= 11 is 0. The van der Waals surface area contributed by atoms with Crippen molar-refractivity contribution in [2.75, 3.05) is 45.3 Å². The van der Waals surface area contributed by atoms with Crippen LogP contribution in [0.3, 0.4) is 0 Å². The van der Waals surface area contributed by atoms with Gasteiger partial charge in [-0.15, -0.1) is 0 Å². The fourth-order valence-electron chi connectivity index (χ4n) is 4.98. The predicted molar refractivity (Wildman–Crippen MR) is 142 cm³/mol. The van der Waals surface area contributed by atoms with Crippen LogP contribution in [0.2, 0.25) is 0 Å². The molecule has 0 bridgehead atoms. The number of carbonyl (C=O) groups excluding carboxylic acids is 3. The van der Waals surface area contributed by atoms with Crippen LogP contribution in [-0.2, 0) is 19.0 Å². The Bertz CT molecular complexity index is 1030. The first-order chi connectivity index (χ1) is 17.9. The highest BCUT2D eigenvalue weighted by Gasteiger charge is 2.41. The lowest BCUT2D eigenvalue weighted by molar-refractivity contribution is -0.148. The molecule has 1 aliphatic carbocycles. The van der Waals surface area contributed by atoms with E-state index in [1.165, 1.54) is 12.0 Å². The third-order valence-electron chi connectivity index (χ3n) is 7.04. The number of pyridine rings is 1. The molecule has 3 fully saturated rings. The number of amides is 2. The summed E-state index contributed by atoms with van der Waals surface area (Å²) < 4.78 is 16.0. The number of anilines is 1. The summed E-state index contributed by atoms with van der Waals surface area (Å²) in [6.07, 6.45) is 3.97. The standard InChI is InChI=1S/C28H42N4O6/c1-17(2)12-32(22-9-20(26(34)36-6)13-31(14-22)27(35)38-28(3,4)5)25(33)24-23(30-21-15-37-16-21)10-19(11-29-24)18-7-8-18/h10-11,17-18,20-22,30H,7-9,12-16H2,1-6H3/t20-,22+/m1/s1. The lowest BCUT2D eigenvalue weighted by Crippen LogP contribution is -2.57. The van der Waals surface area contributed by atoms with Crippen LogP contribution in [0.25, 0.3) is 0 Å². The first-order valence-electron chi connectivity index (χ1n) is 13.7. The third-order valence-corrected chi connectivity index (χ3v) is 7.04. The molecule has 1 N–H and O–H groups in total. The topological polar surface area (TPSA) is 110 Å². The van der Waals surface area contributed by atoms with Gasteiger partial charge in [-0.3, -0.25) is 9.59 Å². The minimum atomic E-state index is -0.683. The van der Waals surface area contributed by atoms with Crippen LogP contribution >= 0.6 is 0 Å². The quantitative estimate of drug-likeness (QED) is 0.507. The number of hydrogen-bond acceptors (Lipinski definition) is 8. The molecule has 1 aromatic heterocycles. The van der Waals surface area contributed by atoms with Crippen LogP contribution in [0.4, 0.5) is 10.5 Å². The number of hydrogen-bond donors (Lipinski definition) is 1. The Hall–Kier alpha value is -2.88. The van der Waals surface area contributed by atoms with Crippen LogP contribution < -0.4 is 5.32 Å². The molecule has 0 radical (unpaired) electrons. The molecule has 1 aromatic rings. The van der Waals surface area contributed by atoms with Crippen molar-refractivity contribution in [3.63, 3.8) is 0 Å². The van der Waals surface area contributed by atoms with E-state index in [1.807, 2.05) is 20.0 Å². The summed E-state index contributed by atoms with van der Waals surface area (Å²) in [5.74, 6) is -0.528. The smallest absolute Gasteiger partial charge is 0.410 e. The molecule has 0 aromatic carbocycles. The van der Waals surface area contributed by atoms with E-state index < -0.39 is 29.6 Å². The number of likely N-dealkylation sites (tertiary alicyclic amines) is 1. The number of methoxy groups -OCH3 is 1. The minimum Gasteiger partial charge on any atom is -0.469 e. The van der Waals surface area contributed by atoms with E-state index >= 15 is 0 Å². The normalized spacial score (nSPS) is 22.0. The number of nitrogens with one attached hydrogen (secondary N) is 1. The predicted octanol–water partition coefficient (Wildman–Crippen LogP) is 3.67. The molecule has 0 spiro atoms. The Kier molecular flexibility index (Phi) is 8.49. The number of esters is 1. The van der Waals surface area contributed by atoms with Gasteiger partial charge in [-0.1, -0.05) is 13.8 Å². The van der Waals surface area contributed by atoms with Gasteiger partial charge in [-0.2, -0.15) is 0 Å². The van der Waals surface area contributed by atoms with Gasteiger partial charge in [-0.05, 0) is 63.5 Å². The van der Waals surface area contributed by atoms with Crippen LogP contribution in [0.1, 0.15) is 75.9 Å². The zero-order valence-electron chi connectivity index (χ0n) is 23.5. The lowest BCUT2D eigenvalue weighted by Gasteiger charge is -2.42. The second kappa shape index (κ2) is 11.5. The van der Waals surface area contributed by atoms with Crippen molar-refractivity contribution in [3.05, 3.63) is 23.5 Å². The molecule has 38 heavy (non-hydrogen) atoms. The first kappa shape index (κ1) is 28.1. The first-order valence-corrected chi connectivity index (χ1v) is 13.7. The maximum Gasteiger partial charge on any atom is 0.410 e. The van der Waals surface area contributed by atoms with E-state index in [0.717, 1.165) is 18.4 Å². The van der Waals surface area contributed by atoms with Crippen molar-refractivity contribution in [2.24, 2.45) is 11.8 Å². The molecule has 4 rings (SSSR count). The SMILES string of the molecule is COC(=O)[C@@H]1C[C@H](N(CC(C)C)C(=O)c2ncc(C3CC3)cc2NC2COC2)CN(C(=O)OC(C)(C)C)C1. The van der Waals surface area contributed by atoms with Gasteiger partial charge in [0.2, 0.25) is 0 Å². The van der Waals surface area contributed by atoms with Gasteiger partial charge in [0.1, 0.15) is 5.60 Å². The maximum absolute atomic E-state index is 14.2. The van der Waals surface area contributed by atoms with Crippen molar-refractivity contribution in [2.45, 2.75) is 77.5 Å². The van der Waals surface area contributed by atoms with Crippen LogP contribution in [0.5, 0.6) is 0 Å². The van der Waals surface area contributed by atoms with Gasteiger partial charge < -0.3 is 29.3 Å². The molecule has 2 saturated heterocycles. The summed E-state index contributed by atoms with van der Waals surface area (Å²) in [4.78, 5) is 47.8. The molecule has 2 aliphatic heterocycles. The maximum atomic E-state index is 14.2. The molecule has 3 aliphatic rings. The molecule has 0 unspecified atom stereocenters. The zero-order chi connectivity index (χ0) is 27.6. The van der Waals surface area contributed by atoms with E-state index in [2.05, 4.69) is 16.4 Å². The molecule has 10 nitrogen and oxygen atoms in total. The molecule has 210 valence electrons. The van der Waals surface area contributed by atoms with Gasteiger partial charge >= 0.3 is 12.1 Å². The highest BCUT2D eigenvalue weighted by atomic mass is 16.6. The minimum absolute atomic E-state index is 0.136. The second-order valence-electron chi connectivity index (χ2n) is 12.2. The average Bonchev–Trinajstić information content (AvgIpc) is 3.68. The fourth-order valence-corrected chi connectivity index (χ4v) is 4.98. The molecule has 2 atom stereocenters. The van der Waals surface area contributed by atoms with Crippen molar-refractivity contribution in [1.29, 1.82) is 0 Å². The number of aromatic nitrogens is 1. The van der Waals surface area contributed by atoms with Crippen LogP contribution in [-0.4, -0.2) is 90.4 Å². The largest absolute Gasteiger partial charge is 0.469 e. The number of rotatable bonds is 8. The number of nitrogens with zero attached hydrogens (tertiary/aromatic N) is 3. The van der Waals surface area contributed by atoms with Gasteiger partial charge in [0.15, 0.2) is 5.69 Å². The summed E-state index contributed by atoms with van der Waals surface area (Å²) in [6.45, 7) is 11.6. The monoisotopic (exact) mass is 530 g/mol. The van der Waals surface area contributed by atoms with Crippen molar-refractivity contribution >= 4 is 23.7 Å². The molecular formula is C28H42N4O6. The molecule has 2 amide bonds. The van der Waals surface area contributed by atoms with Crippen molar-refractivity contribution < 1.29 is 28.6 Å². The Morgan fingerprint density at radius 1 is 1.21 bits per heavy atom. The van der Waals surface area contributed by atoms with Crippen molar-refractivity contribution in [1.82, 2.24) is 14.8 Å². The van der Waals surface area contributed by atoms with E-state index in [-0.39, 0.29) is 31.0 Å². The summed E-state index contributed by atoms with van der Waals surface area (Å²) in [5, 5.41) is 3.46. The Labute approximate surface area is 225 Å². The van der Waals surface area contributed by atoms with Crippen molar-refractivity contribution in [3.8, 4) is 0 Å². The number of piperidine rings is 1. The van der Waals surface area contributed by atoms with Gasteiger partial charge in [-0.25, -0.2) is 9.78 Å². The lowest BCUT2D eigenvalue weighted by atomic mass is 9.92. The van der Waals surface area contributed by atoms with Crippen LogP contribution in [0, 0.1) is 11.8 Å². The van der Waals surface area contributed by atoms with Gasteiger partial charge in [0.05, 0.1) is 44.0 Å². The van der Waals surface area contributed by atoms with Gasteiger partial charge in [0.25, 0.3) is 5.91 Å². The van der Waals surface area contributed by atoms with Crippen LogP contribution in [0.15, 0.2) is 12.3 Å². The Morgan fingerprint density at radius 2 is 1.92 bits per heavy atom. The molecule has 1 saturated carbocycles. The molecule has 10 heteroatoms. The van der Waals surface area contributed by atoms with E-state index in [9.17, 15) is 14.4 Å². The van der Waals surface area contributed by atoms with Gasteiger partial charge in [0, 0.05) is 25.8 Å². The van der Waals surface area contributed by atoms with E-state index in [0.29, 0.717) is 43.5 Å². The number of carbonyl (C=O) groups is 3. The zero-order valence-corrected chi connectivity index (χ0v) is 23.5. The fraction of sp³-hybridized carbons (Fsp3) is 0.714. The average molecular weight is 531 g/mol. The summed E-state index contributed by atoms with van der Waals surface area (Å²) in [7, 11) is 1.34. The van der Waals surface area contributed by atoms with E-state index in [1.54, 1.807) is 25.7 Å².